The molecule has 2 N–H and O–H groups in total. The first-order valence-corrected chi connectivity index (χ1v) is 5.27. The summed E-state index contributed by atoms with van der Waals surface area (Å²) >= 11 is 0. The average molecular weight is 204 g/mol. The first-order valence-electron chi connectivity index (χ1n) is 5.27. The molecule has 0 aromatic carbocycles. The Labute approximate surface area is 87.3 Å². The Hall–Kier alpha value is -0.610. The third-order valence-electron chi connectivity index (χ3n) is 1.75. The molecule has 0 fully saturated rings. The fraction of sp³-hybridized carbons (Fsp3) is 0.900. The normalized spacial score (nSPS) is 9.50. The van der Waals surface area contributed by atoms with E-state index in [1.54, 1.807) is 0 Å². The Morgan fingerprint density at radius 1 is 1.14 bits per heavy atom. The van der Waals surface area contributed by atoms with E-state index in [-0.39, 0.29) is 6.54 Å². The predicted octanol–water partition coefficient (Wildman–Crippen LogP) is 1.03. The lowest BCUT2D eigenvalue weighted by atomic mass is 10.5. The van der Waals surface area contributed by atoms with Gasteiger partial charge in [0.1, 0.15) is 0 Å². The van der Waals surface area contributed by atoms with Gasteiger partial charge in [-0.1, -0.05) is 27.7 Å². The molecule has 0 amide bonds. The number of nitrogens with one attached hydrogen (secondary N) is 1. The summed E-state index contributed by atoms with van der Waals surface area (Å²) in [4.78, 5) is 11.9. The van der Waals surface area contributed by atoms with Gasteiger partial charge in [-0.15, -0.1) is 0 Å². The van der Waals surface area contributed by atoms with Gasteiger partial charge in [-0.3, -0.25) is 9.69 Å². The van der Waals surface area contributed by atoms with Crippen molar-refractivity contribution < 1.29 is 9.90 Å². The second-order valence-corrected chi connectivity index (χ2v) is 2.81. The van der Waals surface area contributed by atoms with E-state index in [1.165, 1.54) is 0 Å². The summed E-state index contributed by atoms with van der Waals surface area (Å²) in [7, 11) is 0. The van der Waals surface area contributed by atoms with Crippen LogP contribution in [-0.4, -0.2) is 48.7 Å². The van der Waals surface area contributed by atoms with Gasteiger partial charge in [-0.25, -0.2) is 0 Å². The minimum Gasteiger partial charge on any atom is -0.480 e. The van der Waals surface area contributed by atoms with Crippen LogP contribution >= 0.6 is 0 Å². The molecule has 0 atom stereocenters. The maximum absolute atomic E-state index is 10.1. The molecule has 0 aromatic rings. The van der Waals surface area contributed by atoms with E-state index < -0.39 is 5.97 Å². The van der Waals surface area contributed by atoms with Crippen LogP contribution in [-0.2, 0) is 4.79 Å². The highest BCUT2D eigenvalue weighted by atomic mass is 16.4. The molecule has 0 radical (unpaired) electrons. The Bertz CT molecular complexity index is 123. The van der Waals surface area contributed by atoms with Crippen LogP contribution in [0, 0.1) is 0 Å². The van der Waals surface area contributed by atoms with Crippen molar-refractivity contribution in [2.24, 2.45) is 0 Å². The summed E-state index contributed by atoms with van der Waals surface area (Å²) in [5.74, 6) is -0.751. The standard InChI is InChI=1S/C6H13NO2.C4H11N/c1-3-7(4-2)5-6(8)9;1-3-5-4-2/h3-5H2,1-2H3,(H,8,9);5H,3-4H2,1-2H3. The zero-order valence-corrected chi connectivity index (χ0v) is 9.84. The number of carboxylic acids is 1. The lowest BCUT2D eigenvalue weighted by molar-refractivity contribution is -0.138. The number of hydrogen-bond acceptors (Lipinski definition) is 3. The van der Waals surface area contributed by atoms with Crippen LogP contribution in [0.3, 0.4) is 0 Å². The molecule has 0 aliphatic rings. The van der Waals surface area contributed by atoms with E-state index >= 15 is 0 Å². The predicted molar refractivity (Wildman–Crippen MR) is 59.6 cm³/mol. The monoisotopic (exact) mass is 204 g/mol. The molecule has 0 aromatic heterocycles. The molecule has 0 aliphatic heterocycles. The second-order valence-electron chi connectivity index (χ2n) is 2.81. The van der Waals surface area contributed by atoms with Crippen molar-refractivity contribution in [3.63, 3.8) is 0 Å². The van der Waals surface area contributed by atoms with E-state index in [9.17, 15) is 4.79 Å². The van der Waals surface area contributed by atoms with Gasteiger partial charge in [0.25, 0.3) is 0 Å². The first kappa shape index (κ1) is 15.8. The summed E-state index contributed by atoms with van der Waals surface area (Å²) in [5.41, 5.74) is 0. The van der Waals surface area contributed by atoms with E-state index in [2.05, 4.69) is 19.2 Å². The molecule has 86 valence electrons. The second kappa shape index (κ2) is 12.4. The van der Waals surface area contributed by atoms with Crippen LogP contribution in [0.25, 0.3) is 0 Å². The van der Waals surface area contributed by atoms with Crippen LogP contribution in [0.1, 0.15) is 27.7 Å². The minimum atomic E-state index is -0.751. The third kappa shape index (κ3) is 13.9. The van der Waals surface area contributed by atoms with Crippen molar-refractivity contribution in [3.05, 3.63) is 0 Å². The Morgan fingerprint density at radius 2 is 1.57 bits per heavy atom. The molecule has 0 saturated heterocycles. The molecule has 0 unspecified atom stereocenters. The quantitative estimate of drug-likeness (QED) is 0.678. The van der Waals surface area contributed by atoms with Gasteiger partial charge in [0.2, 0.25) is 0 Å². The number of aliphatic carboxylic acids is 1. The van der Waals surface area contributed by atoms with Gasteiger partial charge in [0, 0.05) is 0 Å². The van der Waals surface area contributed by atoms with E-state index in [1.807, 2.05) is 18.7 Å². The Morgan fingerprint density at radius 3 is 1.64 bits per heavy atom. The number of nitrogens with zero attached hydrogens (tertiary/aromatic N) is 1. The van der Waals surface area contributed by atoms with Crippen molar-refractivity contribution in [3.8, 4) is 0 Å². The molecule has 0 saturated carbocycles. The first-order chi connectivity index (χ1) is 6.62. The summed E-state index contributed by atoms with van der Waals surface area (Å²) in [6, 6.07) is 0. The molecule has 4 heteroatoms. The largest absolute Gasteiger partial charge is 0.480 e. The van der Waals surface area contributed by atoms with Crippen molar-refractivity contribution >= 4 is 5.97 Å². The zero-order valence-electron chi connectivity index (χ0n) is 9.84. The van der Waals surface area contributed by atoms with Crippen LogP contribution in [0.2, 0.25) is 0 Å². The highest BCUT2D eigenvalue weighted by molar-refractivity contribution is 5.69. The van der Waals surface area contributed by atoms with Crippen LogP contribution in [0.5, 0.6) is 0 Å². The zero-order chi connectivity index (χ0) is 11.4. The fourth-order valence-corrected chi connectivity index (χ4v) is 0.889. The van der Waals surface area contributed by atoms with Gasteiger partial charge < -0.3 is 10.4 Å². The maximum atomic E-state index is 10.1. The number of hydrogen-bond donors (Lipinski definition) is 2. The summed E-state index contributed by atoms with van der Waals surface area (Å²) in [5, 5.41) is 11.4. The van der Waals surface area contributed by atoms with Crippen molar-refractivity contribution in [2.75, 3.05) is 32.7 Å². The van der Waals surface area contributed by atoms with Gasteiger partial charge in [0.15, 0.2) is 0 Å². The van der Waals surface area contributed by atoms with E-state index in [0.29, 0.717) is 0 Å². The Balaban J connectivity index is 0. The summed E-state index contributed by atoms with van der Waals surface area (Å²) in [6.45, 7) is 12.1. The lowest BCUT2D eigenvalue weighted by Gasteiger charge is -2.13. The van der Waals surface area contributed by atoms with Crippen LogP contribution in [0.4, 0.5) is 0 Å². The number of rotatable bonds is 6. The number of carboxylic acid groups (broad SMARTS) is 1. The lowest BCUT2D eigenvalue weighted by Crippen LogP contribution is -2.29. The number of carbonyl (C=O) groups is 1. The molecule has 0 bridgehead atoms. The summed E-state index contributed by atoms with van der Waals surface area (Å²) < 4.78 is 0. The Kier molecular flexibility index (Phi) is 14.0. The van der Waals surface area contributed by atoms with Gasteiger partial charge in [0.05, 0.1) is 6.54 Å². The highest BCUT2D eigenvalue weighted by Gasteiger charge is 2.02. The summed E-state index contributed by atoms with van der Waals surface area (Å²) in [6.07, 6.45) is 0. The van der Waals surface area contributed by atoms with Gasteiger partial charge in [-0.2, -0.15) is 0 Å². The van der Waals surface area contributed by atoms with Crippen LogP contribution < -0.4 is 5.32 Å². The molecule has 0 spiro atoms. The molecule has 4 nitrogen and oxygen atoms in total. The molecule has 0 rings (SSSR count). The van der Waals surface area contributed by atoms with Crippen LogP contribution in [0.15, 0.2) is 0 Å². The molecular formula is C10H24N2O2. The number of likely N-dealkylation sites (N-methyl/N-ethyl adjacent to an activating group) is 1. The van der Waals surface area contributed by atoms with Gasteiger partial charge in [-0.05, 0) is 26.2 Å². The third-order valence-corrected chi connectivity index (χ3v) is 1.75. The smallest absolute Gasteiger partial charge is 0.317 e. The highest BCUT2D eigenvalue weighted by Crippen LogP contribution is 1.84. The maximum Gasteiger partial charge on any atom is 0.317 e. The topological polar surface area (TPSA) is 52.6 Å². The molecular weight excluding hydrogens is 180 g/mol. The van der Waals surface area contributed by atoms with Crippen molar-refractivity contribution in [1.82, 2.24) is 10.2 Å². The van der Waals surface area contributed by atoms with Crippen molar-refractivity contribution in [2.45, 2.75) is 27.7 Å². The van der Waals surface area contributed by atoms with E-state index in [0.717, 1.165) is 26.2 Å². The van der Waals surface area contributed by atoms with Gasteiger partial charge >= 0.3 is 5.97 Å². The average Bonchev–Trinajstić information content (AvgIpc) is 2.16. The molecule has 0 aliphatic carbocycles. The fourth-order valence-electron chi connectivity index (χ4n) is 0.889. The van der Waals surface area contributed by atoms with E-state index in [4.69, 9.17) is 5.11 Å². The SMILES string of the molecule is CCN(CC)CC(=O)O.CCNCC. The minimum absolute atomic E-state index is 0.160. The molecule has 0 heterocycles. The van der Waals surface area contributed by atoms with Crippen molar-refractivity contribution in [1.29, 1.82) is 0 Å². The molecule has 14 heavy (non-hydrogen) atoms.